The monoisotopic (exact) mass is 583 g/mol. The average Bonchev–Trinajstić information content (AvgIpc) is 2.91. The fourth-order valence-electron chi connectivity index (χ4n) is 5.40. The Kier molecular flexibility index (Phi) is 8.92. The van der Waals surface area contributed by atoms with Gasteiger partial charge in [-0.3, -0.25) is 14.6 Å². The molecule has 202 valence electrons. The van der Waals surface area contributed by atoms with Crippen LogP contribution in [0.15, 0.2) is 57.1 Å². The summed E-state index contributed by atoms with van der Waals surface area (Å²) in [5.74, 6) is 0.131. The molecule has 0 aromatic heterocycles. The van der Waals surface area contributed by atoms with Crippen molar-refractivity contribution in [2.45, 2.75) is 51.4 Å². The van der Waals surface area contributed by atoms with E-state index in [0.717, 1.165) is 28.4 Å². The molecular weight excluding hydrogens is 550 g/mol. The highest BCUT2D eigenvalue weighted by atomic mass is 79.9. The zero-order chi connectivity index (χ0) is 27.4. The maximum absolute atomic E-state index is 13.9. The second-order valence-electron chi connectivity index (χ2n) is 9.62. The van der Waals surface area contributed by atoms with Crippen molar-refractivity contribution in [1.82, 2.24) is 0 Å². The Labute approximate surface area is 232 Å². The van der Waals surface area contributed by atoms with E-state index in [1.165, 1.54) is 0 Å². The van der Waals surface area contributed by atoms with Gasteiger partial charge in [0.05, 0.1) is 27.9 Å². The standard InChI is InChI=1S/C30H34BrNO6/c1-6-7-12-38-30(34)27-17(2)32-22-13-19(18-8-10-25(36-4)26(15-18)37-5)14-23(33)29(22)28(27)21-16-20(31)9-11-24(21)35-3/h8-11,15-16,19,27-28H,6-7,12-14H2,1-5H3/t19-,27?,28+/m1/s1. The molecule has 1 heterocycles. The van der Waals surface area contributed by atoms with Crippen LogP contribution in [-0.4, -0.2) is 45.4 Å². The van der Waals surface area contributed by atoms with Crippen molar-refractivity contribution < 1.29 is 28.5 Å². The Morgan fingerprint density at radius 2 is 1.71 bits per heavy atom. The number of nitrogens with zero attached hydrogens (tertiary/aromatic N) is 1. The summed E-state index contributed by atoms with van der Waals surface area (Å²) in [6.45, 7) is 4.23. The molecule has 8 heteroatoms. The summed E-state index contributed by atoms with van der Waals surface area (Å²) in [5.41, 5.74) is 3.66. The molecule has 7 nitrogen and oxygen atoms in total. The molecule has 1 unspecified atom stereocenters. The SMILES string of the molecule is CCCCOC(=O)C1C(C)=NC2=C(C(=O)C[C@H](c3ccc(OC)c(OC)c3)C2)[C@H]1c1cc(Br)ccc1OC. The number of aliphatic imine (C=N–C) groups is 1. The van der Waals surface area contributed by atoms with E-state index in [1.807, 2.05) is 50.2 Å². The fraction of sp³-hybridized carbons (Fsp3) is 0.433. The molecule has 2 aromatic carbocycles. The molecule has 0 bridgehead atoms. The zero-order valence-corrected chi connectivity index (χ0v) is 24.1. The number of halogens is 1. The van der Waals surface area contributed by atoms with Crippen molar-refractivity contribution in [2.75, 3.05) is 27.9 Å². The van der Waals surface area contributed by atoms with E-state index >= 15 is 0 Å². The number of carbonyl (C=O) groups is 2. The summed E-state index contributed by atoms with van der Waals surface area (Å²) >= 11 is 3.56. The van der Waals surface area contributed by atoms with E-state index in [2.05, 4.69) is 15.9 Å². The molecule has 0 amide bonds. The summed E-state index contributed by atoms with van der Waals surface area (Å²) in [4.78, 5) is 32.2. The predicted molar refractivity (Wildman–Crippen MR) is 149 cm³/mol. The Hall–Kier alpha value is -3.13. The number of carbonyl (C=O) groups excluding carboxylic acids is 2. The van der Waals surface area contributed by atoms with Crippen LogP contribution in [0.2, 0.25) is 0 Å². The number of benzene rings is 2. The highest BCUT2D eigenvalue weighted by Crippen LogP contribution is 2.49. The minimum atomic E-state index is -0.713. The van der Waals surface area contributed by atoms with Crippen molar-refractivity contribution >= 4 is 33.4 Å². The Bertz CT molecular complexity index is 1280. The topological polar surface area (TPSA) is 83.4 Å². The number of allylic oxidation sites excluding steroid dienone is 2. The summed E-state index contributed by atoms with van der Waals surface area (Å²) in [6, 6.07) is 11.4. The number of Topliss-reactive ketones (excluding diaryl/α,β-unsaturated/α-hetero) is 1. The van der Waals surface area contributed by atoms with Crippen LogP contribution in [0.4, 0.5) is 0 Å². The summed E-state index contributed by atoms with van der Waals surface area (Å²) in [7, 11) is 4.78. The Morgan fingerprint density at radius 3 is 2.39 bits per heavy atom. The largest absolute Gasteiger partial charge is 0.496 e. The number of ketones is 1. The molecule has 0 spiro atoms. The van der Waals surface area contributed by atoms with Gasteiger partial charge < -0.3 is 18.9 Å². The van der Waals surface area contributed by atoms with Gasteiger partial charge in [-0.05, 0) is 61.6 Å². The lowest BCUT2D eigenvalue weighted by atomic mass is 9.69. The molecule has 0 saturated heterocycles. The van der Waals surface area contributed by atoms with Crippen molar-refractivity contribution in [1.29, 1.82) is 0 Å². The van der Waals surface area contributed by atoms with Gasteiger partial charge in [-0.25, -0.2) is 0 Å². The lowest BCUT2D eigenvalue weighted by Gasteiger charge is -2.37. The van der Waals surface area contributed by atoms with Crippen LogP contribution in [0.5, 0.6) is 17.2 Å². The van der Waals surface area contributed by atoms with Gasteiger partial charge in [-0.1, -0.05) is 35.3 Å². The van der Waals surface area contributed by atoms with Gasteiger partial charge in [0.1, 0.15) is 11.7 Å². The number of rotatable bonds is 9. The van der Waals surface area contributed by atoms with Gasteiger partial charge in [0.2, 0.25) is 0 Å². The predicted octanol–water partition coefficient (Wildman–Crippen LogP) is 6.39. The third-order valence-corrected chi connectivity index (χ3v) is 7.78. The number of hydrogen-bond donors (Lipinski definition) is 0. The minimum Gasteiger partial charge on any atom is -0.496 e. The highest BCUT2D eigenvalue weighted by Gasteiger charge is 2.45. The van der Waals surface area contributed by atoms with Crippen molar-refractivity contribution in [3.8, 4) is 17.2 Å². The third kappa shape index (κ3) is 5.51. The van der Waals surface area contributed by atoms with Crippen LogP contribution in [0.3, 0.4) is 0 Å². The molecule has 2 aromatic rings. The van der Waals surface area contributed by atoms with Gasteiger partial charge in [0.25, 0.3) is 0 Å². The third-order valence-electron chi connectivity index (χ3n) is 7.29. The lowest BCUT2D eigenvalue weighted by molar-refractivity contribution is -0.146. The maximum Gasteiger partial charge on any atom is 0.315 e. The van der Waals surface area contributed by atoms with Crippen LogP contribution >= 0.6 is 15.9 Å². The second kappa shape index (κ2) is 12.2. The first kappa shape index (κ1) is 27.9. The molecule has 3 atom stereocenters. The first-order valence-corrected chi connectivity index (χ1v) is 13.7. The van der Waals surface area contributed by atoms with Crippen LogP contribution in [-0.2, 0) is 14.3 Å². The molecule has 4 rings (SSSR count). The van der Waals surface area contributed by atoms with E-state index in [4.69, 9.17) is 23.9 Å². The lowest BCUT2D eigenvalue weighted by Crippen LogP contribution is -2.38. The van der Waals surface area contributed by atoms with Gasteiger partial charge in [-0.15, -0.1) is 0 Å². The quantitative estimate of drug-likeness (QED) is 0.251. The molecule has 0 saturated carbocycles. The van der Waals surface area contributed by atoms with Gasteiger partial charge >= 0.3 is 5.97 Å². The summed E-state index contributed by atoms with van der Waals surface area (Å²) in [6.07, 6.45) is 2.56. The Balaban J connectivity index is 1.79. The number of ether oxygens (including phenoxy) is 4. The van der Waals surface area contributed by atoms with E-state index in [1.54, 1.807) is 21.3 Å². The molecule has 1 aliphatic carbocycles. The van der Waals surface area contributed by atoms with Crippen LogP contribution in [0, 0.1) is 5.92 Å². The smallest absolute Gasteiger partial charge is 0.315 e. The molecule has 2 aliphatic rings. The maximum atomic E-state index is 13.9. The minimum absolute atomic E-state index is 0.0272. The van der Waals surface area contributed by atoms with Crippen molar-refractivity contribution in [3.63, 3.8) is 0 Å². The van der Waals surface area contributed by atoms with Crippen molar-refractivity contribution in [2.24, 2.45) is 10.9 Å². The molecule has 0 radical (unpaired) electrons. The number of hydrogen-bond acceptors (Lipinski definition) is 7. The van der Waals surface area contributed by atoms with Crippen LogP contribution < -0.4 is 14.2 Å². The zero-order valence-electron chi connectivity index (χ0n) is 22.5. The van der Waals surface area contributed by atoms with E-state index in [0.29, 0.717) is 53.7 Å². The Morgan fingerprint density at radius 1 is 1.00 bits per heavy atom. The van der Waals surface area contributed by atoms with E-state index < -0.39 is 11.8 Å². The van der Waals surface area contributed by atoms with Gasteiger partial charge in [0.15, 0.2) is 17.3 Å². The molecule has 38 heavy (non-hydrogen) atoms. The summed E-state index contributed by atoms with van der Waals surface area (Å²) in [5, 5.41) is 0. The van der Waals surface area contributed by atoms with Crippen LogP contribution in [0.25, 0.3) is 0 Å². The highest BCUT2D eigenvalue weighted by molar-refractivity contribution is 9.10. The average molecular weight is 585 g/mol. The summed E-state index contributed by atoms with van der Waals surface area (Å²) < 4.78 is 23.1. The molecular formula is C30H34BrNO6. The van der Waals surface area contributed by atoms with E-state index in [9.17, 15) is 9.59 Å². The first-order chi connectivity index (χ1) is 18.3. The van der Waals surface area contributed by atoms with Crippen LogP contribution in [0.1, 0.15) is 62.5 Å². The molecule has 0 N–H and O–H groups in total. The number of unbranched alkanes of at least 4 members (excludes halogenated alkanes) is 1. The number of esters is 1. The molecule has 0 fully saturated rings. The van der Waals surface area contributed by atoms with E-state index in [-0.39, 0.29) is 17.7 Å². The normalized spacial score (nSPS) is 20.9. The molecule has 1 aliphatic heterocycles. The first-order valence-electron chi connectivity index (χ1n) is 12.9. The fourth-order valence-corrected chi connectivity index (χ4v) is 5.78. The van der Waals surface area contributed by atoms with Crippen molar-refractivity contribution in [3.05, 3.63) is 63.3 Å². The number of methoxy groups -OCH3 is 3. The van der Waals surface area contributed by atoms with Gasteiger partial charge in [0, 0.05) is 39.4 Å². The van der Waals surface area contributed by atoms with Gasteiger partial charge in [-0.2, -0.15) is 0 Å². The second-order valence-corrected chi connectivity index (χ2v) is 10.5.